The van der Waals surface area contributed by atoms with Crippen LogP contribution < -0.4 is 0 Å². The average Bonchev–Trinajstić information content (AvgIpc) is 2.55. The summed E-state index contributed by atoms with van der Waals surface area (Å²) in [6, 6.07) is 0. The second kappa shape index (κ2) is 3.16. The van der Waals surface area contributed by atoms with Crippen molar-refractivity contribution in [1.82, 2.24) is 0 Å². The molecule has 1 fully saturated rings. The highest BCUT2D eigenvalue weighted by molar-refractivity contribution is 4.97. The first-order chi connectivity index (χ1) is 5.08. The molecular formula is C11H22. The van der Waals surface area contributed by atoms with Crippen molar-refractivity contribution in [3.8, 4) is 0 Å². The van der Waals surface area contributed by atoms with Crippen LogP contribution >= 0.6 is 0 Å². The van der Waals surface area contributed by atoms with E-state index in [-0.39, 0.29) is 0 Å². The maximum atomic E-state index is 2.43. The van der Waals surface area contributed by atoms with Gasteiger partial charge in [0.05, 0.1) is 0 Å². The van der Waals surface area contributed by atoms with Gasteiger partial charge in [-0.2, -0.15) is 0 Å². The zero-order chi connectivity index (χ0) is 8.48. The first-order valence-electron chi connectivity index (χ1n) is 5.08. The van der Waals surface area contributed by atoms with E-state index in [0.717, 1.165) is 11.8 Å². The molecule has 1 rings (SSSR count). The normalized spacial score (nSPS) is 30.0. The molecule has 0 aromatic heterocycles. The second-order valence-electron chi connectivity index (χ2n) is 4.92. The van der Waals surface area contributed by atoms with Crippen molar-refractivity contribution in [3.63, 3.8) is 0 Å². The minimum Gasteiger partial charge on any atom is -0.0654 e. The molecule has 0 aromatic carbocycles. The minimum atomic E-state index is 0.688. The molecule has 1 aliphatic carbocycles. The van der Waals surface area contributed by atoms with E-state index >= 15 is 0 Å². The predicted octanol–water partition coefficient (Wildman–Crippen LogP) is 3.86. The third-order valence-corrected chi connectivity index (χ3v) is 3.29. The third-order valence-electron chi connectivity index (χ3n) is 3.29. The van der Waals surface area contributed by atoms with Gasteiger partial charge in [-0.25, -0.2) is 0 Å². The molecular weight excluding hydrogens is 132 g/mol. The fraction of sp³-hybridized carbons (Fsp3) is 1.00. The van der Waals surface area contributed by atoms with E-state index in [1.165, 1.54) is 25.7 Å². The molecule has 66 valence electrons. The van der Waals surface area contributed by atoms with Crippen molar-refractivity contribution in [2.24, 2.45) is 17.3 Å². The Balaban J connectivity index is 2.17. The van der Waals surface area contributed by atoms with Crippen LogP contribution in [0.25, 0.3) is 0 Å². The highest BCUT2D eigenvalue weighted by Crippen LogP contribution is 2.56. The predicted molar refractivity (Wildman–Crippen MR) is 50.6 cm³/mol. The highest BCUT2D eigenvalue weighted by atomic mass is 14.5. The number of unbranched alkanes of at least 4 members (excludes halogenated alkanes) is 1. The lowest BCUT2D eigenvalue weighted by molar-refractivity contribution is 0.388. The Kier molecular flexibility index (Phi) is 2.61. The van der Waals surface area contributed by atoms with Crippen LogP contribution in [0.15, 0.2) is 0 Å². The summed E-state index contributed by atoms with van der Waals surface area (Å²) in [5.41, 5.74) is 0.688. The Morgan fingerprint density at radius 2 is 2.00 bits per heavy atom. The molecule has 11 heavy (non-hydrogen) atoms. The largest absolute Gasteiger partial charge is 0.0654 e. The SMILES string of the molecule is CCCCC(C)C1CC1(C)C. The Morgan fingerprint density at radius 1 is 1.45 bits per heavy atom. The Morgan fingerprint density at radius 3 is 2.36 bits per heavy atom. The van der Waals surface area contributed by atoms with E-state index in [1.54, 1.807) is 0 Å². The van der Waals surface area contributed by atoms with Crippen molar-refractivity contribution >= 4 is 0 Å². The Labute approximate surface area is 71.4 Å². The van der Waals surface area contributed by atoms with E-state index in [9.17, 15) is 0 Å². The van der Waals surface area contributed by atoms with Gasteiger partial charge in [-0.15, -0.1) is 0 Å². The van der Waals surface area contributed by atoms with Gasteiger partial charge in [0.1, 0.15) is 0 Å². The zero-order valence-corrected chi connectivity index (χ0v) is 8.48. The van der Waals surface area contributed by atoms with Gasteiger partial charge >= 0.3 is 0 Å². The van der Waals surface area contributed by atoms with Crippen LogP contribution in [0.4, 0.5) is 0 Å². The topological polar surface area (TPSA) is 0 Å². The van der Waals surface area contributed by atoms with E-state index in [0.29, 0.717) is 5.41 Å². The summed E-state index contributed by atoms with van der Waals surface area (Å²) in [6.45, 7) is 9.51. The van der Waals surface area contributed by atoms with Crippen LogP contribution in [0.1, 0.15) is 53.4 Å². The van der Waals surface area contributed by atoms with Gasteiger partial charge in [-0.05, 0) is 23.7 Å². The van der Waals surface area contributed by atoms with Crippen molar-refractivity contribution in [3.05, 3.63) is 0 Å². The lowest BCUT2D eigenvalue weighted by Gasteiger charge is -2.11. The molecule has 0 heteroatoms. The van der Waals surface area contributed by atoms with Gasteiger partial charge in [-0.3, -0.25) is 0 Å². The lowest BCUT2D eigenvalue weighted by Crippen LogP contribution is -2.02. The molecule has 0 bridgehead atoms. The molecule has 2 unspecified atom stereocenters. The summed E-state index contributed by atoms with van der Waals surface area (Å²) in [7, 11) is 0. The molecule has 0 amide bonds. The molecule has 0 nitrogen and oxygen atoms in total. The summed E-state index contributed by atoms with van der Waals surface area (Å²) in [5, 5.41) is 0. The van der Waals surface area contributed by atoms with Gasteiger partial charge in [0, 0.05) is 0 Å². The first-order valence-corrected chi connectivity index (χ1v) is 5.08. The molecule has 2 atom stereocenters. The van der Waals surface area contributed by atoms with E-state index < -0.39 is 0 Å². The van der Waals surface area contributed by atoms with Gasteiger partial charge in [-0.1, -0.05) is 47.0 Å². The molecule has 1 saturated carbocycles. The fourth-order valence-corrected chi connectivity index (χ4v) is 2.21. The molecule has 1 aliphatic rings. The minimum absolute atomic E-state index is 0.688. The van der Waals surface area contributed by atoms with Crippen molar-refractivity contribution in [2.75, 3.05) is 0 Å². The van der Waals surface area contributed by atoms with Crippen LogP contribution in [0, 0.1) is 17.3 Å². The summed E-state index contributed by atoms with van der Waals surface area (Å²) in [5.74, 6) is 2.01. The monoisotopic (exact) mass is 154 g/mol. The van der Waals surface area contributed by atoms with Gasteiger partial charge in [0.25, 0.3) is 0 Å². The number of hydrogen-bond donors (Lipinski definition) is 0. The van der Waals surface area contributed by atoms with Crippen molar-refractivity contribution < 1.29 is 0 Å². The third kappa shape index (κ3) is 2.21. The first kappa shape index (κ1) is 9.09. The summed E-state index contributed by atoms with van der Waals surface area (Å²) < 4.78 is 0. The molecule has 0 saturated heterocycles. The number of rotatable bonds is 4. The quantitative estimate of drug-likeness (QED) is 0.577. The molecule has 0 N–H and O–H groups in total. The van der Waals surface area contributed by atoms with Crippen LogP contribution in [0.5, 0.6) is 0 Å². The van der Waals surface area contributed by atoms with Crippen LogP contribution in [-0.4, -0.2) is 0 Å². The average molecular weight is 154 g/mol. The summed E-state index contributed by atoms with van der Waals surface area (Å²) >= 11 is 0. The van der Waals surface area contributed by atoms with Gasteiger partial charge in [0.2, 0.25) is 0 Å². The standard InChI is InChI=1S/C11H22/c1-5-6-7-9(2)10-8-11(10,3)4/h9-10H,5-8H2,1-4H3. The zero-order valence-electron chi connectivity index (χ0n) is 8.48. The van der Waals surface area contributed by atoms with Crippen molar-refractivity contribution in [1.29, 1.82) is 0 Å². The van der Waals surface area contributed by atoms with E-state index in [1.807, 2.05) is 0 Å². The molecule has 0 radical (unpaired) electrons. The molecule has 0 spiro atoms. The van der Waals surface area contributed by atoms with Crippen LogP contribution in [0.3, 0.4) is 0 Å². The Bertz CT molecular complexity index is 124. The highest BCUT2D eigenvalue weighted by Gasteiger charge is 2.47. The van der Waals surface area contributed by atoms with Crippen LogP contribution in [-0.2, 0) is 0 Å². The lowest BCUT2D eigenvalue weighted by atomic mass is 9.94. The van der Waals surface area contributed by atoms with Crippen molar-refractivity contribution in [2.45, 2.75) is 53.4 Å². The Hall–Kier alpha value is 0. The molecule has 0 aromatic rings. The van der Waals surface area contributed by atoms with E-state index in [4.69, 9.17) is 0 Å². The maximum absolute atomic E-state index is 2.43. The number of hydrogen-bond acceptors (Lipinski definition) is 0. The van der Waals surface area contributed by atoms with E-state index in [2.05, 4.69) is 27.7 Å². The summed E-state index contributed by atoms with van der Waals surface area (Å²) in [6.07, 6.45) is 5.70. The fourth-order valence-electron chi connectivity index (χ4n) is 2.21. The summed E-state index contributed by atoms with van der Waals surface area (Å²) in [4.78, 5) is 0. The maximum Gasteiger partial charge on any atom is -0.0320 e. The van der Waals surface area contributed by atoms with Crippen LogP contribution in [0.2, 0.25) is 0 Å². The second-order valence-corrected chi connectivity index (χ2v) is 4.92. The smallest absolute Gasteiger partial charge is 0.0320 e. The molecule has 0 heterocycles. The van der Waals surface area contributed by atoms with Gasteiger partial charge < -0.3 is 0 Å². The van der Waals surface area contributed by atoms with Gasteiger partial charge in [0.15, 0.2) is 0 Å². The molecule has 0 aliphatic heterocycles.